The van der Waals surface area contributed by atoms with Gasteiger partial charge >= 0.3 is 0 Å². The summed E-state index contributed by atoms with van der Waals surface area (Å²) >= 11 is 5.28. The van der Waals surface area contributed by atoms with Crippen molar-refractivity contribution < 1.29 is 0 Å². The zero-order valence-corrected chi connectivity index (χ0v) is 10.4. The molecule has 82 valence electrons. The van der Waals surface area contributed by atoms with Gasteiger partial charge in [0.1, 0.15) is 4.64 Å². The molecule has 0 aliphatic heterocycles. The number of pyridine rings is 1. The Labute approximate surface area is 96.9 Å². The second-order valence-corrected chi connectivity index (χ2v) is 5.36. The molecule has 1 aromatic heterocycles. The van der Waals surface area contributed by atoms with Crippen molar-refractivity contribution in [3.8, 4) is 0 Å². The van der Waals surface area contributed by atoms with E-state index in [4.69, 9.17) is 12.2 Å². The van der Waals surface area contributed by atoms with Crippen LogP contribution in [-0.2, 0) is 19.3 Å². The highest BCUT2D eigenvalue weighted by molar-refractivity contribution is 7.71. The topological polar surface area (TPSA) is 15.8 Å². The highest BCUT2D eigenvalue weighted by atomic mass is 32.1. The molecule has 1 heterocycles. The molecule has 0 atom stereocenters. The van der Waals surface area contributed by atoms with Gasteiger partial charge in [0.2, 0.25) is 0 Å². The summed E-state index contributed by atoms with van der Waals surface area (Å²) < 4.78 is 0.909. The van der Waals surface area contributed by atoms with E-state index in [0.29, 0.717) is 5.92 Å². The molecule has 1 aromatic rings. The highest BCUT2D eigenvalue weighted by Crippen LogP contribution is 2.24. The molecule has 0 radical (unpaired) electrons. The Kier molecular flexibility index (Phi) is 3.25. The van der Waals surface area contributed by atoms with E-state index in [1.807, 2.05) is 0 Å². The lowest BCUT2D eigenvalue weighted by molar-refractivity contribution is 0.610. The van der Waals surface area contributed by atoms with Gasteiger partial charge in [0.05, 0.1) is 0 Å². The largest absolute Gasteiger partial charge is 0.350 e. The number of fused-ring (bicyclic) bond motifs is 1. The second kappa shape index (κ2) is 4.48. The summed E-state index contributed by atoms with van der Waals surface area (Å²) in [6.07, 6.45) is 6.25. The molecule has 2 rings (SSSR count). The molecule has 1 N–H and O–H groups in total. The number of aromatic amines is 1. The van der Waals surface area contributed by atoms with Gasteiger partial charge in [0.15, 0.2) is 0 Å². The Morgan fingerprint density at radius 2 is 2.07 bits per heavy atom. The van der Waals surface area contributed by atoms with Gasteiger partial charge in [-0.3, -0.25) is 0 Å². The predicted octanol–water partition coefficient (Wildman–Crippen LogP) is 3.82. The number of rotatable bonds is 2. The van der Waals surface area contributed by atoms with Crippen LogP contribution >= 0.6 is 12.2 Å². The Balaban J connectivity index is 2.43. The van der Waals surface area contributed by atoms with Gasteiger partial charge in [-0.05, 0) is 55.2 Å². The highest BCUT2D eigenvalue weighted by Gasteiger charge is 2.14. The van der Waals surface area contributed by atoms with Crippen molar-refractivity contribution in [3.63, 3.8) is 0 Å². The molecule has 0 bridgehead atoms. The minimum absolute atomic E-state index is 0.698. The first-order valence-electron chi connectivity index (χ1n) is 5.91. The predicted molar refractivity (Wildman–Crippen MR) is 66.8 cm³/mol. The van der Waals surface area contributed by atoms with Gasteiger partial charge in [-0.15, -0.1) is 0 Å². The van der Waals surface area contributed by atoms with Crippen molar-refractivity contribution in [2.45, 2.75) is 46.0 Å². The number of aryl methyl sites for hydroxylation is 1. The monoisotopic (exact) mass is 221 g/mol. The molecule has 1 nitrogen and oxygen atoms in total. The summed E-state index contributed by atoms with van der Waals surface area (Å²) in [4.78, 5) is 3.38. The average Bonchev–Trinajstić information content (AvgIpc) is 2.16. The molecule has 1 aliphatic carbocycles. The van der Waals surface area contributed by atoms with Crippen molar-refractivity contribution in [1.29, 1.82) is 0 Å². The fraction of sp³-hybridized carbons (Fsp3) is 0.615. The molecule has 1 aliphatic rings. The summed E-state index contributed by atoms with van der Waals surface area (Å²) in [5.41, 5.74) is 4.46. The molecular weight excluding hydrogens is 202 g/mol. The zero-order valence-electron chi connectivity index (χ0n) is 9.60. The van der Waals surface area contributed by atoms with Crippen LogP contribution < -0.4 is 0 Å². The first-order valence-corrected chi connectivity index (χ1v) is 6.31. The number of hydrogen-bond acceptors (Lipinski definition) is 1. The van der Waals surface area contributed by atoms with E-state index in [1.165, 1.54) is 36.9 Å². The molecule has 0 aromatic carbocycles. The minimum atomic E-state index is 0.698. The van der Waals surface area contributed by atoms with Crippen molar-refractivity contribution >= 4 is 12.2 Å². The summed E-state index contributed by atoms with van der Waals surface area (Å²) in [5, 5.41) is 0. The van der Waals surface area contributed by atoms with E-state index in [2.05, 4.69) is 24.9 Å². The molecule has 2 heteroatoms. The molecule has 0 unspecified atom stereocenters. The van der Waals surface area contributed by atoms with Crippen LogP contribution in [0, 0.1) is 10.6 Å². The fourth-order valence-electron chi connectivity index (χ4n) is 2.43. The van der Waals surface area contributed by atoms with Gasteiger partial charge in [-0.2, -0.15) is 0 Å². The van der Waals surface area contributed by atoms with E-state index in [9.17, 15) is 0 Å². The third-order valence-electron chi connectivity index (χ3n) is 3.07. The van der Waals surface area contributed by atoms with Crippen LogP contribution in [-0.4, -0.2) is 4.98 Å². The van der Waals surface area contributed by atoms with E-state index >= 15 is 0 Å². The van der Waals surface area contributed by atoms with Crippen molar-refractivity contribution in [2.24, 2.45) is 5.92 Å². The Morgan fingerprint density at radius 3 is 2.80 bits per heavy atom. The van der Waals surface area contributed by atoms with E-state index in [0.717, 1.165) is 11.1 Å². The number of aromatic nitrogens is 1. The molecule has 0 spiro atoms. The van der Waals surface area contributed by atoms with Crippen LogP contribution in [0.15, 0.2) is 6.07 Å². The summed E-state index contributed by atoms with van der Waals surface area (Å²) in [5.74, 6) is 0.698. The maximum atomic E-state index is 5.28. The third kappa shape index (κ3) is 2.49. The van der Waals surface area contributed by atoms with E-state index in [-0.39, 0.29) is 0 Å². The van der Waals surface area contributed by atoms with Gasteiger partial charge in [-0.25, -0.2) is 0 Å². The van der Waals surface area contributed by atoms with Crippen molar-refractivity contribution in [2.75, 3.05) is 0 Å². The number of nitrogens with one attached hydrogen (secondary N) is 1. The number of H-pyrrole nitrogens is 1. The SMILES string of the molecule is CC(C)Cc1[nH]c(=S)cc2c1CCCC2. The van der Waals surface area contributed by atoms with Gasteiger partial charge in [0.25, 0.3) is 0 Å². The van der Waals surface area contributed by atoms with Crippen LogP contribution in [0.5, 0.6) is 0 Å². The summed E-state index contributed by atoms with van der Waals surface area (Å²) in [7, 11) is 0. The second-order valence-electron chi connectivity index (χ2n) is 4.92. The van der Waals surface area contributed by atoms with Crippen LogP contribution in [0.3, 0.4) is 0 Å². The molecule has 0 amide bonds. The lowest BCUT2D eigenvalue weighted by Crippen LogP contribution is -2.10. The molecule has 0 fully saturated rings. The summed E-state index contributed by atoms with van der Waals surface area (Å²) in [6.45, 7) is 4.53. The normalized spacial score (nSPS) is 15.4. The average molecular weight is 221 g/mol. The standard InChI is InChI=1S/C13H19NS/c1-9(2)7-12-11-6-4-3-5-10(11)8-13(15)14-12/h8-9H,3-7H2,1-2H3,(H,14,15). The smallest absolute Gasteiger partial charge is 0.103 e. The Bertz CT molecular complexity index is 403. The first kappa shape index (κ1) is 10.9. The van der Waals surface area contributed by atoms with Gasteiger partial charge in [-0.1, -0.05) is 26.1 Å². The maximum Gasteiger partial charge on any atom is 0.103 e. The van der Waals surface area contributed by atoms with Crippen LogP contribution in [0.25, 0.3) is 0 Å². The quantitative estimate of drug-likeness (QED) is 0.751. The third-order valence-corrected chi connectivity index (χ3v) is 3.29. The fourth-order valence-corrected chi connectivity index (χ4v) is 2.70. The lowest BCUT2D eigenvalue weighted by Gasteiger charge is -2.20. The molecule has 0 saturated heterocycles. The van der Waals surface area contributed by atoms with Crippen molar-refractivity contribution in [3.05, 3.63) is 27.5 Å². The molecule has 0 saturated carbocycles. The number of hydrogen-bond donors (Lipinski definition) is 1. The van der Waals surface area contributed by atoms with Crippen LogP contribution in [0.1, 0.15) is 43.5 Å². The van der Waals surface area contributed by atoms with Crippen molar-refractivity contribution in [1.82, 2.24) is 4.98 Å². The lowest BCUT2D eigenvalue weighted by atomic mass is 9.89. The van der Waals surface area contributed by atoms with Crippen LogP contribution in [0.4, 0.5) is 0 Å². The van der Waals surface area contributed by atoms with E-state index < -0.39 is 0 Å². The van der Waals surface area contributed by atoms with Gasteiger partial charge in [0, 0.05) is 5.69 Å². The molecular formula is C13H19NS. The van der Waals surface area contributed by atoms with Gasteiger partial charge < -0.3 is 4.98 Å². The zero-order chi connectivity index (χ0) is 10.8. The minimum Gasteiger partial charge on any atom is -0.350 e. The summed E-state index contributed by atoms with van der Waals surface area (Å²) in [6, 6.07) is 2.16. The van der Waals surface area contributed by atoms with E-state index in [1.54, 1.807) is 5.56 Å². The Morgan fingerprint density at radius 1 is 1.33 bits per heavy atom. The molecule has 15 heavy (non-hydrogen) atoms. The van der Waals surface area contributed by atoms with Crippen LogP contribution in [0.2, 0.25) is 0 Å². The Hall–Kier alpha value is -0.630. The maximum absolute atomic E-state index is 5.28. The first-order chi connectivity index (χ1) is 7.16.